The molecule has 0 saturated heterocycles. The van der Waals surface area contributed by atoms with Gasteiger partial charge in [0.05, 0.1) is 29.1 Å². The molecule has 0 aliphatic carbocycles. The van der Waals surface area contributed by atoms with Crippen LogP contribution in [0.25, 0.3) is 10.9 Å². The quantitative estimate of drug-likeness (QED) is 0.639. The van der Waals surface area contributed by atoms with E-state index in [4.69, 9.17) is 9.47 Å². The molecular formula is C16H14FNO5. The number of rotatable bonds is 3. The first-order valence-corrected chi connectivity index (χ1v) is 7.16. The molecule has 1 aromatic carbocycles. The largest absolute Gasteiger partial charge is 0.488 e. The number of pyridine rings is 1. The summed E-state index contributed by atoms with van der Waals surface area (Å²) in [5, 5.41) is -0.0137. The summed E-state index contributed by atoms with van der Waals surface area (Å²) < 4.78 is 26.1. The summed E-state index contributed by atoms with van der Waals surface area (Å²) in [6.45, 7) is 3.77. The zero-order chi connectivity index (χ0) is 16.7. The molecule has 1 aliphatic heterocycles. The first kappa shape index (κ1) is 15.2. The van der Waals surface area contributed by atoms with Crippen molar-refractivity contribution in [3.63, 3.8) is 0 Å². The normalized spacial score (nSPS) is 16.0. The molecule has 120 valence electrons. The fraction of sp³-hybridized carbons (Fsp3) is 0.312. The molecular weight excluding hydrogens is 305 g/mol. The average Bonchev–Trinajstić information content (AvgIpc) is 2.52. The number of carbonyl (C=O) groups excluding carboxylic acids is 2. The summed E-state index contributed by atoms with van der Waals surface area (Å²) in [5.41, 5.74) is -0.742. The molecule has 1 aliphatic rings. The van der Waals surface area contributed by atoms with Gasteiger partial charge in [0.25, 0.3) is 0 Å². The molecule has 0 bridgehead atoms. The van der Waals surface area contributed by atoms with Crippen molar-refractivity contribution in [1.29, 1.82) is 0 Å². The van der Waals surface area contributed by atoms with Crippen molar-refractivity contribution >= 4 is 23.2 Å². The number of halogens is 1. The van der Waals surface area contributed by atoms with Crippen LogP contribution in [0.15, 0.2) is 17.1 Å². The van der Waals surface area contributed by atoms with Crippen LogP contribution in [0, 0.1) is 5.82 Å². The predicted octanol–water partition coefficient (Wildman–Crippen LogP) is 2.08. The summed E-state index contributed by atoms with van der Waals surface area (Å²) >= 11 is 0. The molecule has 0 spiro atoms. The fourth-order valence-electron chi connectivity index (χ4n) is 2.71. The maximum absolute atomic E-state index is 14.1. The van der Waals surface area contributed by atoms with Crippen molar-refractivity contribution in [3.8, 4) is 5.75 Å². The summed E-state index contributed by atoms with van der Waals surface area (Å²) in [4.78, 5) is 35.6. The van der Waals surface area contributed by atoms with Gasteiger partial charge in [-0.1, -0.05) is 0 Å². The minimum absolute atomic E-state index is 0.0137. The number of aromatic nitrogens is 1. The standard InChI is InChI=1S/C16H14FNO5/c1-3-22-16(21)10-5-18-8(2)7-23-15-11(6-19)12(17)4-9(13(15)18)14(10)20/h4-6,8H,3,7H2,1-2H3/t8-/m1/s1. The lowest BCUT2D eigenvalue weighted by Crippen LogP contribution is -2.28. The first-order valence-electron chi connectivity index (χ1n) is 7.16. The Morgan fingerprint density at radius 2 is 2.30 bits per heavy atom. The van der Waals surface area contributed by atoms with E-state index < -0.39 is 17.2 Å². The molecule has 6 nitrogen and oxygen atoms in total. The summed E-state index contributed by atoms with van der Waals surface area (Å²) in [6, 6.07) is 0.773. The Morgan fingerprint density at radius 1 is 1.57 bits per heavy atom. The second-order valence-corrected chi connectivity index (χ2v) is 5.27. The SMILES string of the molecule is CCOC(=O)c1cn2c3c(c(C=O)c(F)cc3c1=O)OC[C@H]2C. The second-order valence-electron chi connectivity index (χ2n) is 5.27. The van der Waals surface area contributed by atoms with Gasteiger partial charge in [0.15, 0.2) is 12.0 Å². The lowest BCUT2D eigenvalue weighted by atomic mass is 10.0. The number of benzene rings is 1. The van der Waals surface area contributed by atoms with Gasteiger partial charge in [-0.15, -0.1) is 0 Å². The molecule has 7 heteroatoms. The summed E-state index contributed by atoms with van der Waals surface area (Å²) in [7, 11) is 0. The maximum atomic E-state index is 14.1. The van der Waals surface area contributed by atoms with E-state index in [1.807, 2.05) is 6.92 Å². The van der Waals surface area contributed by atoms with Gasteiger partial charge in [-0.2, -0.15) is 0 Å². The van der Waals surface area contributed by atoms with Crippen LogP contribution in [0.3, 0.4) is 0 Å². The van der Waals surface area contributed by atoms with Crippen LogP contribution in [-0.2, 0) is 4.74 Å². The van der Waals surface area contributed by atoms with Crippen molar-refractivity contribution in [1.82, 2.24) is 4.57 Å². The lowest BCUT2D eigenvalue weighted by Gasteiger charge is -2.27. The van der Waals surface area contributed by atoms with E-state index in [0.717, 1.165) is 6.07 Å². The van der Waals surface area contributed by atoms with E-state index in [2.05, 4.69) is 0 Å². The van der Waals surface area contributed by atoms with Crippen molar-refractivity contribution in [2.75, 3.05) is 13.2 Å². The van der Waals surface area contributed by atoms with Gasteiger partial charge in [-0.3, -0.25) is 9.59 Å². The van der Waals surface area contributed by atoms with E-state index in [9.17, 15) is 18.8 Å². The van der Waals surface area contributed by atoms with Gasteiger partial charge in [0.1, 0.15) is 18.0 Å². The zero-order valence-electron chi connectivity index (χ0n) is 12.6. The number of nitrogens with zero attached hydrogens (tertiary/aromatic N) is 1. The van der Waals surface area contributed by atoms with Crippen LogP contribution in [0.2, 0.25) is 0 Å². The Balaban J connectivity index is 2.44. The number of hydrogen-bond acceptors (Lipinski definition) is 5. The van der Waals surface area contributed by atoms with Crippen molar-refractivity contribution in [2.45, 2.75) is 19.9 Å². The summed E-state index contributed by atoms with van der Waals surface area (Å²) in [5.74, 6) is -1.59. The van der Waals surface area contributed by atoms with Gasteiger partial charge in [-0.05, 0) is 19.9 Å². The van der Waals surface area contributed by atoms with Crippen LogP contribution in [-0.4, -0.2) is 30.0 Å². The zero-order valence-corrected chi connectivity index (χ0v) is 12.6. The van der Waals surface area contributed by atoms with Crippen molar-refractivity contribution in [3.05, 3.63) is 39.4 Å². The highest BCUT2D eigenvalue weighted by molar-refractivity contribution is 5.99. The molecule has 0 unspecified atom stereocenters. The smallest absolute Gasteiger partial charge is 0.343 e. The van der Waals surface area contributed by atoms with Gasteiger partial charge < -0.3 is 14.0 Å². The van der Waals surface area contributed by atoms with E-state index in [0.29, 0.717) is 11.8 Å². The monoisotopic (exact) mass is 319 g/mol. The predicted molar refractivity (Wildman–Crippen MR) is 79.7 cm³/mol. The van der Waals surface area contributed by atoms with Crippen LogP contribution in [0.5, 0.6) is 5.75 Å². The number of ether oxygens (including phenoxy) is 2. The third kappa shape index (κ3) is 2.19. The Labute approximate surface area is 130 Å². The molecule has 2 heterocycles. The molecule has 1 aromatic heterocycles. The molecule has 0 N–H and O–H groups in total. The Kier molecular flexibility index (Phi) is 3.63. The van der Waals surface area contributed by atoms with Gasteiger partial charge >= 0.3 is 5.97 Å². The van der Waals surface area contributed by atoms with Crippen LogP contribution < -0.4 is 10.2 Å². The molecule has 1 atom stereocenters. The highest BCUT2D eigenvalue weighted by Gasteiger charge is 2.28. The van der Waals surface area contributed by atoms with E-state index in [1.54, 1.807) is 11.5 Å². The highest BCUT2D eigenvalue weighted by Crippen LogP contribution is 2.35. The van der Waals surface area contributed by atoms with Crippen molar-refractivity contribution < 1.29 is 23.5 Å². The molecule has 0 amide bonds. The van der Waals surface area contributed by atoms with Crippen LogP contribution >= 0.6 is 0 Å². The molecule has 23 heavy (non-hydrogen) atoms. The second kappa shape index (κ2) is 5.49. The average molecular weight is 319 g/mol. The molecule has 2 aromatic rings. The van der Waals surface area contributed by atoms with E-state index >= 15 is 0 Å². The third-order valence-electron chi connectivity index (χ3n) is 3.82. The number of hydrogen-bond donors (Lipinski definition) is 0. The minimum atomic E-state index is -0.860. The minimum Gasteiger partial charge on any atom is -0.488 e. The van der Waals surface area contributed by atoms with Gasteiger partial charge in [-0.25, -0.2) is 9.18 Å². The van der Waals surface area contributed by atoms with Crippen molar-refractivity contribution in [2.24, 2.45) is 0 Å². The van der Waals surface area contributed by atoms with E-state index in [-0.39, 0.29) is 41.5 Å². The Bertz CT molecular complexity index is 886. The Hall–Kier alpha value is -2.70. The third-order valence-corrected chi connectivity index (χ3v) is 3.82. The van der Waals surface area contributed by atoms with Gasteiger partial charge in [0, 0.05) is 6.20 Å². The van der Waals surface area contributed by atoms with Crippen LogP contribution in [0.1, 0.15) is 40.6 Å². The molecule has 0 saturated carbocycles. The van der Waals surface area contributed by atoms with Crippen LogP contribution in [0.4, 0.5) is 4.39 Å². The summed E-state index contributed by atoms with van der Waals surface area (Å²) in [6.07, 6.45) is 1.74. The molecule has 3 rings (SSSR count). The number of carbonyl (C=O) groups is 2. The first-order chi connectivity index (χ1) is 11.0. The maximum Gasteiger partial charge on any atom is 0.343 e. The van der Waals surface area contributed by atoms with Gasteiger partial charge in [0.2, 0.25) is 5.43 Å². The molecule has 0 radical (unpaired) electrons. The molecule has 0 fully saturated rings. The number of aldehydes is 1. The fourth-order valence-corrected chi connectivity index (χ4v) is 2.71. The Morgan fingerprint density at radius 3 is 2.96 bits per heavy atom. The number of esters is 1. The lowest BCUT2D eigenvalue weighted by molar-refractivity contribution is 0.0523. The van der Waals surface area contributed by atoms with E-state index in [1.165, 1.54) is 6.20 Å². The highest BCUT2D eigenvalue weighted by atomic mass is 19.1. The topological polar surface area (TPSA) is 74.6 Å².